The number of anilines is 1. The van der Waals surface area contributed by atoms with E-state index in [2.05, 4.69) is 10.3 Å². The van der Waals surface area contributed by atoms with Crippen LogP contribution in [0, 0.1) is 6.92 Å². The minimum atomic E-state index is -0.206. The van der Waals surface area contributed by atoms with Gasteiger partial charge in [-0.25, -0.2) is 9.97 Å². The normalized spacial score (nSPS) is 11.1. The lowest BCUT2D eigenvalue weighted by Gasteiger charge is -2.08. The minimum Gasteiger partial charge on any atom is -0.494 e. The summed E-state index contributed by atoms with van der Waals surface area (Å²) in [5, 5.41) is 6.34. The molecule has 30 heavy (non-hydrogen) atoms. The summed E-state index contributed by atoms with van der Waals surface area (Å²) in [6.45, 7) is 2.02. The van der Waals surface area contributed by atoms with Gasteiger partial charge in [0, 0.05) is 5.39 Å². The zero-order valence-corrected chi connectivity index (χ0v) is 17.9. The predicted molar refractivity (Wildman–Crippen MR) is 124 cm³/mol. The van der Waals surface area contributed by atoms with Crippen molar-refractivity contribution in [3.63, 3.8) is 0 Å². The first-order chi connectivity index (χ1) is 14.6. The lowest BCUT2D eigenvalue weighted by Crippen LogP contribution is -2.12. The van der Waals surface area contributed by atoms with Crippen LogP contribution in [0.25, 0.3) is 31.7 Å². The third kappa shape index (κ3) is 3.22. The number of carbonyl (C=O) groups excluding carboxylic acids is 1. The Balaban J connectivity index is 1.58. The first kappa shape index (κ1) is 18.7. The highest BCUT2D eigenvalue weighted by Crippen LogP contribution is 2.35. The molecule has 2 aromatic carbocycles. The maximum atomic E-state index is 13.3. The quantitative estimate of drug-likeness (QED) is 0.371. The van der Waals surface area contributed by atoms with Gasteiger partial charge in [-0.15, -0.1) is 11.3 Å². The number of hydrogen-bond acceptors (Lipinski definition) is 6. The fraction of sp³-hybridized carbons (Fsp3) is 0.0870. The van der Waals surface area contributed by atoms with E-state index in [0.29, 0.717) is 16.4 Å². The van der Waals surface area contributed by atoms with Crippen molar-refractivity contribution < 1.29 is 9.53 Å². The van der Waals surface area contributed by atoms with E-state index >= 15 is 0 Å². The molecule has 0 aliphatic carbocycles. The topological polar surface area (TPSA) is 64.1 Å². The van der Waals surface area contributed by atoms with Crippen molar-refractivity contribution in [2.24, 2.45) is 0 Å². The number of ether oxygens (including phenoxy) is 1. The first-order valence-corrected chi connectivity index (χ1v) is 11.0. The van der Waals surface area contributed by atoms with Crippen molar-refractivity contribution in [3.8, 4) is 16.3 Å². The van der Waals surface area contributed by atoms with Crippen LogP contribution in [0.3, 0.4) is 0 Å². The molecule has 0 aliphatic heterocycles. The van der Waals surface area contributed by atoms with Gasteiger partial charge in [0.2, 0.25) is 0 Å². The van der Waals surface area contributed by atoms with Gasteiger partial charge in [-0.1, -0.05) is 41.7 Å². The Kier molecular flexibility index (Phi) is 4.69. The number of hydrogen-bond donors (Lipinski definition) is 1. The summed E-state index contributed by atoms with van der Waals surface area (Å²) in [7, 11) is 1.62. The van der Waals surface area contributed by atoms with Crippen molar-refractivity contribution in [1.82, 2.24) is 9.97 Å². The lowest BCUT2D eigenvalue weighted by atomic mass is 10.1. The number of nitrogens with zero attached hydrogens (tertiary/aromatic N) is 2. The molecule has 0 spiro atoms. The average Bonchev–Trinajstić information content (AvgIpc) is 3.44. The van der Waals surface area contributed by atoms with Crippen molar-refractivity contribution in [3.05, 3.63) is 71.1 Å². The Labute approximate surface area is 181 Å². The van der Waals surface area contributed by atoms with E-state index in [4.69, 9.17) is 9.72 Å². The van der Waals surface area contributed by atoms with Crippen LogP contribution in [0.4, 0.5) is 5.13 Å². The Hall–Kier alpha value is -3.29. The smallest absolute Gasteiger partial charge is 0.258 e. The molecule has 7 heteroatoms. The molecule has 0 atom stereocenters. The number of aryl methyl sites for hydroxylation is 1. The maximum Gasteiger partial charge on any atom is 0.258 e. The van der Waals surface area contributed by atoms with Crippen molar-refractivity contribution in [2.75, 3.05) is 12.4 Å². The maximum absolute atomic E-state index is 13.3. The molecule has 148 valence electrons. The third-order valence-electron chi connectivity index (χ3n) is 4.88. The van der Waals surface area contributed by atoms with Crippen LogP contribution in [0.1, 0.15) is 15.9 Å². The van der Waals surface area contributed by atoms with E-state index in [9.17, 15) is 4.79 Å². The SMILES string of the molecule is COc1ccc(C)c2sc(NC(=O)c3cc(-c4cccs4)nc4ccccc34)nc12. The molecule has 5 rings (SSSR count). The van der Waals surface area contributed by atoms with Gasteiger partial charge in [-0.3, -0.25) is 10.1 Å². The zero-order valence-electron chi connectivity index (χ0n) is 16.3. The highest BCUT2D eigenvalue weighted by atomic mass is 32.1. The highest BCUT2D eigenvalue weighted by Gasteiger charge is 2.17. The van der Waals surface area contributed by atoms with E-state index in [0.717, 1.165) is 37.3 Å². The Morgan fingerprint density at radius 2 is 1.93 bits per heavy atom. The van der Waals surface area contributed by atoms with Crippen molar-refractivity contribution >= 4 is 54.8 Å². The highest BCUT2D eigenvalue weighted by molar-refractivity contribution is 7.22. The van der Waals surface area contributed by atoms with Crippen LogP contribution in [-0.4, -0.2) is 23.0 Å². The van der Waals surface area contributed by atoms with E-state index in [1.54, 1.807) is 18.4 Å². The molecule has 0 radical (unpaired) electrons. The van der Waals surface area contributed by atoms with Gasteiger partial charge >= 0.3 is 0 Å². The fourth-order valence-electron chi connectivity index (χ4n) is 3.41. The van der Waals surface area contributed by atoms with E-state index < -0.39 is 0 Å². The van der Waals surface area contributed by atoms with Crippen LogP contribution >= 0.6 is 22.7 Å². The number of carbonyl (C=O) groups is 1. The number of para-hydroxylation sites is 1. The van der Waals surface area contributed by atoms with Crippen molar-refractivity contribution in [1.29, 1.82) is 0 Å². The second-order valence-corrected chi connectivity index (χ2v) is 8.73. The number of aromatic nitrogens is 2. The Morgan fingerprint density at radius 3 is 2.73 bits per heavy atom. The largest absolute Gasteiger partial charge is 0.494 e. The minimum absolute atomic E-state index is 0.206. The number of pyridine rings is 1. The van der Waals surface area contributed by atoms with Crippen LogP contribution in [-0.2, 0) is 0 Å². The molecule has 0 saturated carbocycles. The number of rotatable bonds is 4. The second-order valence-electron chi connectivity index (χ2n) is 6.79. The molecular weight excluding hydrogens is 414 g/mol. The fourth-order valence-corrected chi connectivity index (χ4v) is 5.04. The van der Waals surface area contributed by atoms with Crippen LogP contribution in [0.2, 0.25) is 0 Å². The molecule has 0 unspecified atom stereocenters. The van der Waals surface area contributed by atoms with Gasteiger partial charge in [0.1, 0.15) is 11.3 Å². The van der Waals surface area contributed by atoms with Gasteiger partial charge in [0.05, 0.1) is 33.5 Å². The third-order valence-corrected chi connectivity index (χ3v) is 6.88. The van der Waals surface area contributed by atoms with Gasteiger partial charge in [0.25, 0.3) is 5.91 Å². The number of thiophene rings is 1. The van der Waals surface area contributed by atoms with Crippen LogP contribution in [0.15, 0.2) is 60.0 Å². The molecular formula is C23H17N3O2S2. The lowest BCUT2D eigenvalue weighted by molar-refractivity contribution is 0.102. The second kappa shape index (κ2) is 7.51. The standard InChI is InChI=1S/C23H17N3O2S2/c1-13-9-10-18(28-2)20-21(13)30-23(25-20)26-22(27)15-12-17(19-8-5-11-29-19)24-16-7-4-3-6-14(15)16/h3-12H,1-2H3,(H,25,26,27). The molecule has 1 N–H and O–H groups in total. The molecule has 3 heterocycles. The molecule has 5 aromatic rings. The number of amides is 1. The number of thiazole rings is 1. The summed E-state index contributed by atoms with van der Waals surface area (Å²) in [5.74, 6) is 0.490. The molecule has 0 saturated heterocycles. The molecule has 0 aliphatic rings. The average molecular weight is 432 g/mol. The van der Waals surface area contributed by atoms with Gasteiger partial charge in [0.15, 0.2) is 5.13 Å². The van der Waals surface area contributed by atoms with Crippen LogP contribution in [0.5, 0.6) is 5.75 Å². The monoisotopic (exact) mass is 431 g/mol. The molecule has 3 aromatic heterocycles. The van der Waals surface area contributed by atoms with Gasteiger partial charge < -0.3 is 4.74 Å². The predicted octanol–water partition coefficient (Wildman–Crippen LogP) is 6.14. The molecule has 0 fully saturated rings. The number of benzene rings is 2. The summed E-state index contributed by atoms with van der Waals surface area (Å²) in [6, 6.07) is 17.4. The number of nitrogens with one attached hydrogen (secondary N) is 1. The van der Waals surface area contributed by atoms with E-state index in [-0.39, 0.29) is 5.91 Å². The first-order valence-electron chi connectivity index (χ1n) is 9.33. The molecule has 1 amide bonds. The van der Waals surface area contributed by atoms with Crippen molar-refractivity contribution in [2.45, 2.75) is 6.92 Å². The number of fused-ring (bicyclic) bond motifs is 2. The summed E-state index contributed by atoms with van der Waals surface area (Å²) in [5.41, 5.74) is 4.01. The summed E-state index contributed by atoms with van der Waals surface area (Å²) < 4.78 is 6.43. The summed E-state index contributed by atoms with van der Waals surface area (Å²) in [6.07, 6.45) is 0. The zero-order chi connectivity index (χ0) is 20.7. The molecule has 0 bridgehead atoms. The number of methoxy groups -OCH3 is 1. The summed E-state index contributed by atoms with van der Waals surface area (Å²) in [4.78, 5) is 23.6. The van der Waals surface area contributed by atoms with Gasteiger partial charge in [-0.05, 0) is 42.1 Å². The molecule has 5 nitrogen and oxygen atoms in total. The Bertz CT molecular complexity index is 1390. The summed E-state index contributed by atoms with van der Waals surface area (Å²) >= 11 is 3.05. The van der Waals surface area contributed by atoms with Crippen LogP contribution < -0.4 is 10.1 Å². The van der Waals surface area contributed by atoms with Gasteiger partial charge in [-0.2, -0.15) is 0 Å². The van der Waals surface area contributed by atoms with E-state index in [1.165, 1.54) is 11.3 Å². The Morgan fingerprint density at radius 1 is 1.07 bits per heavy atom. The van der Waals surface area contributed by atoms with E-state index in [1.807, 2.05) is 66.9 Å².